The van der Waals surface area contributed by atoms with Crippen LogP contribution in [0.1, 0.15) is 42.7 Å². The van der Waals surface area contributed by atoms with E-state index in [1.54, 1.807) is 13.2 Å². The minimum Gasteiger partial charge on any atom is -0.511 e. The monoisotopic (exact) mass is 485 g/mol. The number of methoxy groups -OCH3 is 1. The van der Waals surface area contributed by atoms with E-state index in [1.165, 1.54) is 19.3 Å². The smallest absolute Gasteiger partial charge is 0.138 e. The van der Waals surface area contributed by atoms with Gasteiger partial charge in [-0.1, -0.05) is 61.0 Å². The first-order valence-corrected chi connectivity index (χ1v) is 13.0. The molecule has 3 aromatic rings. The van der Waals surface area contributed by atoms with Crippen LogP contribution in [-0.2, 0) is 14.9 Å². The third-order valence-corrected chi connectivity index (χ3v) is 7.89. The average molecular weight is 486 g/mol. The van der Waals surface area contributed by atoms with E-state index in [-0.39, 0.29) is 17.8 Å². The predicted molar refractivity (Wildman–Crippen MR) is 143 cm³/mol. The van der Waals surface area contributed by atoms with Crippen LogP contribution in [0.25, 0.3) is 10.8 Å². The standard InChI is InChI=1S/C31H35NO4/c1-35-25-12-7-11-24(19-25)29-20-26(36-18-17-32-15-5-2-6-16-32)21-30(34)31(29,22-33)28-14-8-10-23-9-3-4-13-27(23)28/h3-4,7-14,19,21-22,26,29,34H,2,5-6,15-18,20H2,1H3. The maximum Gasteiger partial charge on any atom is 0.138 e. The van der Waals surface area contributed by atoms with Gasteiger partial charge < -0.3 is 24.3 Å². The largest absolute Gasteiger partial charge is 0.511 e. The van der Waals surface area contributed by atoms with Gasteiger partial charge in [0, 0.05) is 12.5 Å². The van der Waals surface area contributed by atoms with Gasteiger partial charge in [0.15, 0.2) is 0 Å². The van der Waals surface area contributed by atoms with E-state index >= 15 is 0 Å². The van der Waals surface area contributed by atoms with E-state index in [9.17, 15) is 9.90 Å². The summed E-state index contributed by atoms with van der Waals surface area (Å²) < 4.78 is 11.8. The van der Waals surface area contributed by atoms with Gasteiger partial charge in [0.2, 0.25) is 0 Å². The number of ether oxygens (including phenoxy) is 2. The summed E-state index contributed by atoms with van der Waals surface area (Å²) in [5, 5.41) is 13.6. The molecule has 1 aliphatic carbocycles. The second kappa shape index (κ2) is 10.9. The van der Waals surface area contributed by atoms with E-state index in [4.69, 9.17) is 9.47 Å². The van der Waals surface area contributed by atoms with Crippen molar-refractivity contribution in [3.8, 4) is 5.75 Å². The van der Waals surface area contributed by atoms with Crippen LogP contribution in [0, 0.1) is 0 Å². The van der Waals surface area contributed by atoms with E-state index in [2.05, 4.69) is 4.90 Å². The van der Waals surface area contributed by atoms with Crippen LogP contribution >= 0.6 is 0 Å². The molecule has 5 rings (SSSR count). The second-order valence-electron chi connectivity index (χ2n) is 9.94. The number of aliphatic hydroxyl groups excluding tert-OH is 1. The summed E-state index contributed by atoms with van der Waals surface area (Å²) in [4.78, 5) is 15.6. The van der Waals surface area contributed by atoms with Crippen LogP contribution in [0.15, 0.2) is 78.6 Å². The number of hydrogen-bond acceptors (Lipinski definition) is 5. The molecule has 5 nitrogen and oxygen atoms in total. The molecule has 188 valence electrons. The number of aliphatic hydroxyl groups is 1. The zero-order valence-corrected chi connectivity index (χ0v) is 20.9. The summed E-state index contributed by atoms with van der Waals surface area (Å²) >= 11 is 0. The lowest BCUT2D eigenvalue weighted by Gasteiger charge is -2.42. The predicted octanol–water partition coefficient (Wildman–Crippen LogP) is 5.79. The number of carbonyl (C=O) groups excluding carboxylic acids is 1. The van der Waals surface area contributed by atoms with Crippen molar-refractivity contribution < 1.29 is 19.4 Å². The molecule has 3 aromatic carbocycles. The summed E-state index contributed by atoms with van der Waals surface area (Å²) in [5.74, 6) is 0.457. The van der Waals surface area contributed by atoms with Gasteiger partial charge in [-0.25, -0.2) is 0 Å². The Morgan fingerprint density at radius 3 is 2.61 bits per heavy atom. The van der Waals surface area contributed by atoms with Crippen LogP contribution in [0.3, 0.4) is 0 Å². The minimum absolute atomic E-state index is 0.0518. The molecule has 2 aliphatic rings. The molecule has 0 aromatic heterocycles. The summed E-state index contributed by atoms with van der Waals surface area (Å²) in [7, 11) is 1.64. The molecular weight excluding hydrogens is 450 g/mol. The fraction of sp³-hybridized carbons (Fsp3) is 0.387. The lowest BCUT2D eigenvalue weighted by Crippen LogP contribution is -2.43. The number of likely N-dealkylation sites (tertiary alicyclic amines) is 1. The molecule has 0 spiro atoms. The first-order valence-electron chi connectivity index (χ1n) is 13.0. The van der Waals surface area contributed by atoms with Crippen molar-refractivity contribution >= 4 is 17.1 Å². The lowest BCUT2D eigenvalue weighted by atomic mass is 9.62. The Labute approximate surface area is 213 Å². The molecule has 1 heterocycles. The van der Waals surface area contributed by atoms with Crippen molar-refractivity contribution in [1.82, 2.24) is 4.90 Å². The number of carbonyl (C=O) groups is 1. The van der Waals surface area contributed by atoms with Gasteiger partial charge in [0.05, 0.1) is 19.8 Å². The molecule has 0 amide bonds. The summed E-state index contributed by atoms with van der Waals surface area (Å²) in [6.45, 7) is 3.73. The van der Waals surface area contributed by atoms with E-state index in [0.717, 1.165) is 53.6 Å². The Balaban J connectivity index is 1.54. The van der Waals surface area contributed by atoms with Gasteiger partial charge in [0.1, 0.15) is 23.2 Å². The number of rotatable bonds is 8. The molecule has 0 bridgehead atoms. The number of benzene rings is 3. The Morgan fingerprint density at radius 2 is 1.81 bits per heavy atom. The summed E-state index contributed by atoms with van der Waals surface area (Å²) in [6, 6.07) is 21.8. The first-order chi connectivity index (χ1) is 17.7. The topological polar surface area (TPSA) is 59.0 Å². The first kappa shape index (κ1) is 24.5. The Morgan fingerprint density at radius 1 is 1.03 bits per heavy atom. The van der Waals surface area contributed by atoms with E-state index < -0.39 is 5.41 Å². The zero-order valence-electron chi connectivity index (χ0n) is 20.9. The van der Waals surface area contributed by atoms with Crippen LogP contribution in [-0.4, -0.2) is 55.7 Å². The van der Waals surface area contributed by atoms with E-state index in [1.807, 2.05) is 66.7 Å². The normalized spacial score (nSPS) is 24.9. The van der Waals surface area contributed by atoms with Crippen LogP contribution < -0.4 is 4.74 Å². The number of nitrogens with zero attached hydrogens (tertiary/aromatic N) is 1. The molecule has 0 saturated carbocycles. The van der Waals surface area contributed by atoms with Crippen LogP contribution in [0.2, 0.25) is 0 Å². The number of hydrogen-bond donors (Lipinski definition) is 1. The molecule has 1 saturated heterocycles. The summed E-state index contributed by atoms with van der Waals surface area (Å²) in [5.41, 5.74) is 0.530. The van der Waals surface area contributed by atoms with Crippen LogP contribution in [0.4, 0.5) is 0 Å². The third kappa shape index (κ3) is 4.65. The van der Waals surface area contributed by atoms with Crippen molar-refractivity contribution in [2.45, 2.75) is 43.1 Å². The number of aldehydes is 1. The molecule has 1 N–H and O–H groups in total. The maximum atomic E-state index is 13.1. The fourth-order valence-electron chi connectivity index (χ4n) is 5.99. The highest BCUT2D eigenvalue weighted by molar-refractivity contribution is 5.92. The Bertz CT molecular complexity index is 1230. The van der Waals surface area contributed by atoms with Gasteiger partial charge in [-0.15, -0.1) is 0 Å². The van der Waals surface area contributed by atoms with Crippen molar-refractivity contribution in [3.05, 3.63) is 89.7 Å². The zero-order chi connectivity index (χ0) is 25.0. The Kier molecular flexibility index (Phi) is 7.40. The van der Waals surface area contributed by atoms with Gasteiger partial charge in [-0.3, -0.25) is 0 Å². The molecule has 3 atom stereocenters. The van der Waals surface area contributed by atoms with E-state index in [0.29, 0.717) is 13.0 Å². The second-order valence-corrected chi connectivity index (χ2v) is 9.94. The molecule has 36 heavy (non-hydrogen) atoms. The van der Waals surface area contributed by atoms with Gasteiger partial charge in [-0.05, 0) is 72.5 Å². The van der Waals surface area contributed by atoms with Gasteiger partial charge in [-0.2, -0.15) is 0 Å². The summed E-state index contributed by atoms with van der Waals surface area (Å²) in [6.07, 6.45) is 6.77. The van der Waals surface area contributed by atoms with Crippen molar-refractivity contribution in [1.29, 1.82) is 0 Å². The molecule has 1 aliphatic heterocycles. The molecule has 1 fully saturated rings. The minimum atomic E-state index is -1.22. The Hall–Kier alpha value is -3.15. The SMILES string of the molecule is COc1cccc(C2CC(OCCN3CCCCC3)C=C(O)C2(C=O)c2cccc3ccccc23)c1. The maximum absolute atomic E-state index is 13.1. The highest BCUT2D eigenvalue weighted by Gasteiger charge is 2.49. The molecule has 0 radical (unpaired) electrons. The third-order valence-electron chi connectivity index (χ3n) is 7.89. The number of allylic oxidation sites excluding steroid dienone is 1. The van der Waals surface area contributed by atoms with Crippen molar-refractivity contribution in [2.75, 3.05) is 33.4 Å². The quantitative estimate of drug-likeness (QED) is 0.410. The van der Waals surface area contributed by atoms with Gasteiger partial charge >= 0.3 is 0 Å². The van der Waals surface area contributed by atoms with Crippen molar-refractivity contribution in [2.24, 2.45) is 0 Å². The van der Waals surface area contributed by atoms with Crippen molar-refractivity contribution in [3.63, 3.8) is 0 Å². The number of fused-ring (bicyclic) bond motifs is 1. The number of piperidine rings is 1. The average Bonchev–Trinajstić information content (AvgIpc) is 2.93. The molecular formula is C31H35NO4. The van der Waals surface area contributed by atoms with Crippen LogP contribution in [0.5, 0.6) is 5.75 Å². The lowest BCUT2D eigenvalue weighted by molar-refractivity contribution is -0.114. The fourth-order valence-corrected chi connectivity index (χ4v) is 5.99. The molecule has 5 heteroatoms. The highest BCUT2D eigenvalue weighted by Crippen LogP contribution is 2.50. The highest BCUT2D eigenvalue weighted by atomic mass is 16.5. The molecule has 3 unspecified atom stereocenters. The van der Waals surface area contributed by atoms with Gasteiger partial charge in [0.25, 0.3) is 0 Å².